The molecule has 1 aliphatic rings. The summed E-state index contributed by atoms with van der Waals surface area (Å²) in [5, 5.41) is 20.0. The number of carboxylic acid groups (broad SMARTS) is 1. The molecule has 4 nitrogen and oxygen atoms in total. The summed E-state index contributed by atoms with van der Waals surface area (Å²) in [6, 6.07) is 18.4. The first-order valence-corrected chi connectivity index (χ1v) is 9.49. The van der Waals surface area contributed by atoms with Gasteiger partial charge in [-0.2, -0.15) is 5.26 Å². The summed E-state index contributed by atoms with van der Waals surface area (Å²) in [5.74, 6) is -1.22. The summed E-state index contributed by atoms with van der Waals surface area (Å²) in [6.07, 6.45) is 1.52. The van der Waals surface area contributed by atoms with Crippen molar-refractivity contribution in [2.75, 3.05) is 0 Å². The highest BCUT2D eigenvalue weighted by Gasteiger charge is 2.78. The molecule has 0 bridgehead atoms. The number of ether oxygens (including phenoxy) is 1. The third-order valence-electron chi connectivity index (χ3n) is 5.65. The largest absolute Gasteiger partial charge is 0.481 e. The number of halogens is 2. The molecule has 2 aromatic carbocycles. The highest BCUT2D eigenvalue weighted by molar-refractivity contribution is 6.55. The maximum atomic E-state index is 12.3. The second kappa shape index (κ2) is 7.50. The van der Waals surface area contributed by atoms with Crippen LogP contribution in [-0.4, -0.2) is 11.1 Å². The smallest absolute Gasteiger partial charge is 0.312 e. The predicted octanol–water partition coefficient (Wildman–Crippen LogP) is 6.13. The van der Waals surface area contributed by atoms with Crippen molar-refractivity contribution in [2.24, 2.45) is 16.7 Å². The molecule has 0 amide bonds. The number of aliphatic carboxylic acids is 1. The molecule has 6 heteroatoms. The number of benzene rings is 2. The Morgan fingerprint density at radius 1 is 1.18 bits per heavy atom. The van der Waals surface area contributed by atoms with Crippen LogP contribution in [0.1, 0.15) is 25.3 Å². The number of allylic oxidation sites excluding steroid dienone is 1. The van der Waals surface area contributed by atoms with Gasteiger partial charge in [-0.3, -0.25) is 4.79 Å². The van der Waals surface area contributed by atoms with Gasteiger partial charge in [0.25, 0.3) is 0 Å². The molecule has 3 rings (SSSR count). The van der Waals surface area contributed by atoms with E-state index in [0.29, 0.717) is 17.1 Å². The molecular formula is C22H19Cl2NO3. The van der Waals surface area contributed by atoms with Gasteiger partial charge in [0.15, 0.2) is 0 Å². The minimum absolute atomic E-state index is 0.000878. The number of carboxylic acids is 1. The molecular weight excluding hydrogens is 397 g/mol. The molecule has 0 heterocycles. The van der Waals surface area contributed by atoms with Gasteiger partial charge in [0.1, 0.15) is 21.4 Å². The Hall–Kier alpha value is -2.48. The molecule has 1 saturated carbocycles. The lowest BCUT2D eigenvalue weighted by Crippen LogP contribution is -2.28. The van der Waals surface area contributed by atoms with Gasteiger partial charge >= 0.3 is 5.97 Å². The van der Waals surface area contributed by atoms with Crippen molar-refractivity contribution in [3.8, 4) is 17.6 Å². The first kappa shape index (κ1) is 20.3. The number of nitrogens with zero attached hydrogens (tertiary/aromatic N) is 1. The zero-order valence-electron chi connectivity index (χ0n) is 15.4. The van der Waals surface area contributed by atoms with E-state index in [0.717, 1.165) is 0 Å². The van der Waals surface area contributed by atoms with Crippen LogP contribution in [0.3, 0.4) is 0 Å². The number of hydrogen-bond donors (Lipinski definition) is 1. The molecule has 0 saturated heterocycles. The first-order valence-electron chi connectivity index (χ1n) is 8.73. The van der Waals surface area contributed by atoms with Gasteiger partial charge in [-0.1, -0.05) is 67.4 Å². The van der Waals surface area contributed by atoms with Gasteiger partial charge in [-0.25, -0.2) is 0 Å². The number of carbonyl (C=O) groups is 1. The van der Waals surface area contributed by atoms with E-state index in [4.69, 9.17) is 27.9 Å². The van der Waals surface area contributed by atoms with Crippen molar-refractivity contribution in [1.82, 2.24) is 0 Å². The fourth-order valence-electron chi connectivity index (χ4n) is 4.21. The molecule has 0 aromatic heterocycles. The summed E-state index contributed by atoms with van der Waals surface area (Å²) in [7, 11) is 0. The molecule has 1 fully saturated rings. The van der Waals surface area contributed by atoms with Crippen molar-refractivity contribution >= 4 is 29.2 Å². The Morgan fingerprint density at radius 3 is 2.39 bits per heavy atom. The van der Waals surface area contributed by atoms with E-state index in [1.165, 1.54) is 6.08 Å². The zero-order chi connectivity index (χ0) is 20.5. The van der Waals surface area contributed by atoms with Crippen molar-refractivity contribution in [3.63, 3.8) is 0 Å². The Morgan fingerprint density at radius 2 is 1.82 bits per heavy atom. The van der Waals surface area contributed by atoms with E-state index in [2.05, 4.69) is 6.07 Å². The third kappa shape index (κ3) is 3.26. The lowest BCUT2D eigenvalue weighted by atomic mass is 9.78. The number of hydrogen-bond acceptors (Lipinski definition) is 3. The van der Waals surface area contributed by atoms with Crippen LogP contribution in [0.5, 0.6) is 11.5 Å². The number of nitriles is 1. The van der Waals surface area contributed by atoms with Crippen LogP contribution in [0.2, 0.25) is 0 Å². The lowest BCUT2D eigenvalue weighted by molar-refractivity contribution is -0.145. The average Bonchev–Trinajstić information content (AvgIpc) is 3.12. The quantitative estimate of drug-likeness (QED) is 0.615. The van der Waals surface area contributed by atoms with Crippen LogP contribution in [-0.2, 0) is 4.79 Å². The third-order valence-corrected chi connectivity index (χ3v) is 5.90. The van der Waals surface area contributed by atoms with Gasteiger partial charge in [0.05, 0.1) is 12.0 Å². The monoisotopic (exact) mass is 415 g/mol. The zero-order valence-corrected chi connectivity index (χ0v) is 16.9. The fourth-order valence-corrected chi connectivity index (χ4v) is 4.46. The maximum Gasteiger partial charge on any atom is 0.312 e. The molecule has 144 valence electrons. The van der Waals surface area contributed by atoms with Crippen molar-refractivity contribution < 1.29 is 14.6 Å². The van der Waals surface area contributed by atoms with Gasteiger partial charge in [-0.05, 0) is 41.3 Å². The van der Waals surface area contributed by atoms with E-state index in [-0.39, 0.29) is 4.49 Å². The molecule has 28 heavy (non-hydrogen) atoms. The molecule has 0 spiro atoms. The van der Waals surface area contributed by atoms with Gasteiger partial charge in [0.2, 0.25) is 0 Å². The van der Waals surface area contributed by atoms with Gasteiger partial charge < -0.3 is 9.84 Å². The van der Waals surface area contributed by atoms with Crippen molar-refractivity contribution in [1.29, 1.82) is 5.26 Å². The normalized spacial score (nSPS) is 23.2. The molecule has 1 aliphatic carbocycles. The second-order valence-corrected chi connectivity index (χ2v) is 8.39. The van der Waals surface area contributed by atoms with E-state index in [1.807, 2.05) is 44.2 Å². The van der Waals surface area contributed by atoms with Gasteiger partial charge in [0, 0.05) is 5.92 Å². The maximum absolute atomic E-state index is 12.3. The topological polar surface area (TPSA) is 70.3 Å². The molecule has 1 N–H and O–H groups in total. The molecule has 0 radical (unpaired) electrons. The van der Waals surface area contributed by atoms with Crippen molar-refractivity contribution in [3.05, 3.63) is 70.7 Å². The Labute approximate surface area is 174 Å². The number of para-hydroxylation sites is 1. The van der Waals surface area contributed by atoms with Crippen LogP contribution in [0.4, 0.5) is 0 Å². The standard InChI is InChI=1S/C22H19Cl2NO3/c1-21(2)18(12-19(23)24)22(21,20(26)27)17(13-25)14-7-6-10-16(11-14)28-15-8-4-3-5-9-15/h3-12,17-18H,1-2H3,(H,26,27)/t17-,18-,22+/m1/s1. The Balaban J connectivity index is 2.01. The first-order chi connectivity index (χ1) is 13.2. The summed E-state index contributed by atoms with van der Waals surface area (Å²) in [5.41, 5.74) is -1.44. The van der Waals surface area contributed by atoms with Gasteiger partial charge in [-0.15, -0.1) is 0 Å². The molecule has 0 aliphatic heterocycles. The fraction of sp³-hybridized carbons (Fsp3) is 0.273. The Bertz CT molecular complexity index is 961. The van der Waals surface area contributed by atoms with Crippen LogP contribution >= 0.6 is 23.2 Å². The highest BCUT2D eigenvalue weighted by Crippen LogP contribution is 2.75. The minimum Gasteiger partial charge on any atom is -0.481 e. The molecule has 3 atom stereocenters. The molecule has 0 unspecified atom stereocenters. The van der Waals surface area contributed by atoms with E-state index in [1.54, 1.807) is 24.3 Å². The van der Waals surface area contributed by atoms with E-state index < -0.39 is 28.6 Å². The van der Waals surface area contributed by atoms with Crippen LogP contribution in [0, 0.1) is 28.1 Å². The average molecular weight is 416 g/mol. The second-order valence-electron chi connectivity index (χ2n) is 7.38. The summed E-state index contributed by atoms with van der Waals surface area (Å²) in [4.78, 5) is 12.3. The summed E-state index contributed by atoms with van der Waals surface area (Å²) >= 11 is 11.6. The minimum atomic E-state index is -1.33. The van der Waals surface area contributed by atoms with Crippen molar-refractivity contribution in [2.45, 2.75) is 19.8 Å². The van der Waals surface area contributed by atoms with E-state index in [9.17, 15) is 15.2 Å². The Kier molecular flexibility index (Phi) is 5.43. The summed E-state index contributed by atoms with van der Waals surface area (Å²) in [6.45, 7) is 3.63. The van der Waals surface area contributed by atoms with Crippen LogP contribution in [0.15, 0.2) is 65.2 Å². The molecule has 2 aromatic rings. The van der Waals surface area contributed by atoms with Crippen LogP contribution < -0.4 is 4.74 Å². The number of rotatable bonds is 6. The summed E-state index contributed by atoms with van der Waals surface area (Å²) < 4.78 is 5.84. The highest BCUT2D eigenvalue weighted by atomic mass is 35.5. The predicted molar refractivity (Wildman–Crippen MR) is 108 cm³/mol. The van der Waals surface area contributed by atoms with E-state index >= 15 is 0 Å². The SMILES string of the molecule is CC1(C)[C@@H](C=C(Cl)Cl)[C@]1(C(=O)O)[C@H](C#N)c1cccc(Oc2ccccc2)c1. The lowest BCUT2D eigenvalue weighted by Gasteiger charge is -2.22. The van der Waals surface area contributed by atoms with Crippen LogP contribution in [0.25, 0.3) is 0 Å².